The first-order valence-electron chi connectivity index (χ1n) is 8.62. The summed E-state index contributed by atoms with van der Waals surface area (Å²) in [5.41, 5.74) is -0.335. The van der Waals surface area contributed by atoms with Crippen molar-refractivity contribution >= 4 is 11.9 Å². The first kappa shape index (κ1) is 18.8. The lowest BCUT2D eigenvalue weighted by atomic mass is 9.84. The molecule has 1 saturated carbocycles. The van der Waals surface area contributed by atoms with Crippen LogP contribution in [0.25, 0.3) is 0 Å². The number of guanidine groups is 1. The van der Waals surface area contributed by atoms with Crippen molar-refractivity contribution in [2.24, 2.45) is 16.3 Å². The average molecular weight is 310 g/mol. The molecule has 1 aliphatic carbocycles. The maximum atomic E-state index is 11.8. The number of carbonyl (C=O) groups is 1. The third-order valence-electron chi connectivity index (χ3n) is 4.37. The molecule has 0 spiro atoms. The Balaban J connectivity index is 2.22. The Labute approximate surface area is 135 Å². The van der Waals surface area contributed by atoms with Gasteiger partial charge >= 0.3 is 0 Å². The smallest absolute Gasteiger partial charge is 0.225 e. The van der Waals surface area contributed by atoms with Crippen LogP contribution in [0.3, 0.4) is 0 Å². The fourth-order valence-electron chi connectivity index (χ4n) is 2.73. The van der Waals surface area contributed by atoms with E-state index in [1.165, 1.54) is 32.1 Å². The molecule has 0 atom stereocenters. The van der Waals surface area contributed by atoms with E-state index in [9.17, 15) is 4.79 Å². The Morgan fingerprint density at radius 2 is 1.68 bits per heavy atom. The molecule has 1 aliphatic rings. The molecule has 0 unspecified atom stereocenters. The topological polar surface area (TPSA) is 65.5 Å². The lowest BCUT2D eigenvalue weighted by Gasteiger charge is -2.29. The Bertz CT molecular complexity index is 365. The van der Waals surface area contributed by atoms with Crippen LogP contribution < -0.4 is 16.0 Å². The van der Waals surface area contributed by atoms with Gasteiger partial charge in [0.15, 0.2) is 5.96 Å². The fourth-order valence-corrected chi connectivity index (χ4v) is 2.73. The molecule has 128 valence electrons. The van der Waals surface area contributed by atoms with Gasteiger partial charge in [0.05, 0.1) is 0 Å². The predicted molar refractivity (Wildman–Crippen MR) is 93.0 cm³/mol. The molecular formula is C17H34N4O. The highest BCUT2D eigenvalue weighted by Crippen LogP contribution is 2.26. The molecule has 22 heavy (non-hydrogen) atoms. The van der Waals surface area contributed by atoms with Crippen LogP contribution in [0.1, 0.15) is 59.8 Å². The molecule has 5 heteroatoms. The number of hydrogen-bond donors (Lipinski definition) is 3. The van der Waals surface area contributed by atoms with Gasteiger partial charge in [-0.05, 0) is 31.6 Å². The quantitative estimate of drug-likeness (QED) is 0.415. The zero-order valence-corrected chi connectivity index (χ0v) is 15.0. The van der Waals surface area contributed by atoms with Crippen LogP contribution in [0, 0.1) is 11.3 Å². The van der Waals surface area contributed by atoms with E-state index in [0.29, 0.717) is 19.1 Å². The molecule has 0 bridgehead atoms. The summed E-state index contributed by atoms with van der Waals surface area (Å²) in [6, 6.07) is 0.526. The lowest BCUT2D eigenvalue weighted by Crippen LogP contribution is -2.47. The van der Waals surface area contributed by atoms with Crippen LogP contribution in [0.4, 0.5) is 0 Å². The number of nitrogens with one attached hydrogen (secondary N) is 3. The van der Waals surface area contributed by atoms with Crippen LogP contribution in [0.2, 0.25) is 0 Å². The highest BCUT2D eigenvalue weighted by molar-refractivity contribution is 5.82. The summed E-state index contributed by atoms with van der Waals surface area (Å²) in [4.78, 5) is 16.0. The number of nitrogens with zero attached hydrogens (tertiary/aromatic N) is 1. The third kappa shape index (κ3) is 6.67. The summed E-state index contributed by atoms with van der Waals surface area (Å²) >= 11 is 0. The van der Waals surface area contributed by atoms with Crippen LogP contribution >= 0.6 is 0 Å². The number of rotatable bonds is 5. The van der Waals surface area contributed by atoms with Gasteiger partial charge < -0.3 is 16.0 Å². The monoisotopic (exact) mass is 310 g/mol. The van der Waals surface area contributed by atoms with Gasteiger partial charge in [0.25, 0.3) is 0 Å². The largest absolute Gasteiger partial charge is 0.355 e. The summed E-state index contributed by atoms with van der Waals surface area (Å²) in [5, 5.41) is 9.70. The molecule has 0 aromatic carbocycles. The zero-order valence-electron chi connectivity index (χ0n) is 15.0. The highest BCUT2D eigenvalue weighted by Gasteiger charge is 2.21. The molecule has 1 rings (SSSR count). The van der Waals surface area contributed by atoms with E-state index in [0.717, 1.165) is 11.9 Å². The molecule has 0 radical (unpaired) electrons. The molecule has 1 fully saturated rings. The van der Waals surface area contributed by atoms with Gasteiger partial charge in [0, 0.05) is 31.6 Å². The lowest BCUT2D eigenvalue weighted by molar-refractivity contribution is -0.128. The number of amides is 1. The summed E-state index contributed by atoms with van der Waals surface area (Å²) < 4.78 is 0. The molecule has 0 aliphatic heterocycles. The molecule has 0 heterocycles. The van der Waals surface area contributed by atoms with Gasteiger partial charge in [-0.15, -0.1) is 0 Å². The van der Waals surface area contributed by atoms with E-state index in [4.69, 9.17) is 0 Å². The molecular weight excluding hydrogens is 276 g/mol. The maximum Gasteiger partial charge on any atom is 0.225 e. The molecule has 0 aromatic heterocycles. The predicted octanol–water partition coefficient (Wildman–Crippen LogP) is 2.28. The summed E-state index contributed by atoms with van der Waals surface area (Å²) in [7, 11) is 1.79. The minimum atomic E-state index is -0.335. The third-order valence-corrected chi connectivity index (χ3v) is 4.37. The Morgan fingerprint density at radius 1 is 1.09 bits per heavy atom. The van der Waals surface area contributed by atoms with Gasteiger partial charge in [-0.3, -0.25) is 9.79 Å². The Morgan fingerprint density at radius 3 is 2.18 bits per heavy atom. The molecule has 0 saturated heterocycles. The van der Waals surface area contributed by atoms with E-state index < -0.39 is 0 Å². The minimum absolute atomic E-state index is 0.0788. The van der Waals surface area contributed by atoms with Crippen molar-refractivity contribution in [2.75, 3.05) is 20.1 Å². The van der Waals surface area contributed by atoms with Gasteiger partial charge in [-0.25, -0.2) is 0 Å². The fraction of sp³-hybridized carbons (Fsp3) is 0.882. The number of aliphatic imine (C=N–C) groups is 1. The first-order chi connectivity index (χ1) is 10.4. The van der Waals surface area contributed by atoms with E-state index >= 15 is 0 Å². The van der Waals surface area contributed by atoms with Crippen LogP contribution in [0.5, 0.6) is 0 Å². The van der Waals surface area contributed by atoms with Gasteiger partial charge in [-0.1, -0.05) is 34.1 Å². The van der Waals surface area contributed by atoms with Crippen molar-refractivity contribution in [1.82, 2.24) is 16.0 Å². The number of carbonyl (C=O) groups excluding carboxylic acids is 1. The van der Waals surface area contributed by atoms with Crippen molar-refractivity contribution < 1.29 is 4.79 Å². The minimum Gasteiger partial charge on any atom is -0.355 e. The van der Waals surface area contributed by atoms with Crippen molar-refractivity contribution in [2.45, 2.75) is 65.8 Å². The van der Waals surface area contributed by atoms with Gasteiger partial charge in [-0.2, -0.15) is 0 Å². The molecule has 3 N–H and O–H groups in total. The first-order valence-corrected chi connectivity index (χ1v) is 8.62. The van der Waals surface area contributed by atoms with Crippen LogP contribution in [-0.2, 0) is 4.79 Å². The maximum absolute atomic E-state index is 11.8. The average Bonchev–Trinajstić information content (AvgIpc) is 2.49. The van der Waals surface area contributed by atoms with E-state index in [1.54, 1.807) is 7.05 Å². The van der Waals surface area contributed by atoms with Crippen LogP contribution in [-0.4, -0.2) is 38.0 Å². The van der Waals surface area contributed by atoms with Crippen molar-refractivity contribution in [1.29, 1.82) is 0 Å². The second-order valence-corrected chi connectivity index (χ2v) is 7.28. The number of hydrogen-bond acceptors (Lipinski definition) is 2. The standard InChI is InChI=1S/C17H34N4O/c1-6-13-7-9-14(10-8-13)21-16(18-5)20-12-11-19-15(22)17(2,3)4/h13-14H,6-12H2,1-5H3,(H,19,22)(H2,18,20,21). The molecule has 0 aromatic rings. The van der Waals surface area contributed by atoms with Crippen molar-refractivity contribution in [3.8, 4) is 0 Å². The molecule has 5 nitrogen and oxygen atoms in total. The van der Waals surface area contributed by atoms with E-state index in [2.05, 4.69) is 27.9 Å². The summed E-state index contributed by atoms with van der Waals surface area (Å²) in [6.07, 6.45) is 6.37. The normalized spacial score (nSPS) is 23.0. The molecule has 1 amide bonds. The Kier molecular flexibility index (Phi) is 7.69. The SMILES string of the molecule is CCC1CCC(NC(=NC)NCCNC(=O)C(C)(C)C)CC1. The highest BCUT2D eigenvalue weighted by atomic mass is 16.2. The zero-order chi connectivity index (χ0) is 16.6. The van der Waals surface area contributed by atoms with Crippen molar-refractivity contribution in [3.63, 3.8) is 0 Å². The van der Waals surface area contributed by atoms with E-state index in [-0.39, 0.29) is 11.3 Å². The second kappa shape index (κ2) is 9.01. The summed E-state index contributed by atoms with van der Waals surface area (Å²) in [6.45, 7) is 9.34. The van der Waals surface area contributed by atoms with Gasteiger partial charge in [0.1, 0.15) is 0 Å². The van der Waals surface area contributed by atoms with E-state index in [1.807, 2.05) is 20.8 Å². The Hall–Kier alpha value is -1.26. The second-order valence-electron chi connectivity index (χ2n) is 7.28. The van der Waals surface area contributed by atoms with Crippen LogP contribution in [0.15, 0.2) is 4.99 Å². The van der Waals surface area contributed by atoms with Gasteiger partial charge in [0.2, 0.25) is 5.91 Å². The summed E-state index contributed by atoms with van der Waals surface area (Å²) in [5.74, 6) is 1.82. The van der Waals surface area contributed by atoms with Crippen molar-refractivity contribution in [3.05, 3.63) is 0 Å².